The lowest BCUT2D eigenvalue weighted by atomic mass is 9.95. The molecule has 1 aliphatic heterocycles. The van der Waals surface area contributed by atoms with E-state index in [9.17, 15) is 14.0 Å². The Morgan fingerprint density at radius 2 is 2.15 bits per heavy atom. The van der Waals surface area contributed by atoms with Crippen LogP contribution in [-0.2, 0) is 9.53 Å². The van der Waals surface area contributed by atoms with Crippen molar-refractivity contribution in [2.75, 3.05) is 7.11 Å². The van der Waals surface area contributed by atoms with Gasteiger partial charge in [-0.1, -0.05) is 22.0 Å². The maximum Gasteiger partial charge on any atom is 0.337 e. The number of nitrogens with one attached hydrogen (secondary N) is 2. The summed E-state index contributed by atoms with van der Waals surface area (Å²) in [7, 11) is 1.23. The number of benzene rings is 1. The summed E-state index contributed by atoms with van der Waals surface area (Å²) in [4.78, 5) is 23.4. The maximum atomic E-state index is 14.1. The number of ether oxygens (including phenoxy) is 1. The molecular formula is C13H12BrFN2O3. The fourth-order valence-electron chi connectivity index (χ4n) is 2.04. The summed E-state index contributed by atoms with van der Waals surface area (Å²) in [5.41, 5.74) is 0.712. The number of carbonyl (C=O) groups excluding carboxylic acids is 2. The molecule has 106 valence electrons. The number of urea groups is 1. The highest BCUT2D eigenvalue weighted by molar-refractivity contribution is 9.10. The fourth-order valence-corrected chi connectivity index (χ4v) is 2.38. The molecule has 0 radical (unpaired) electrons. The zero-order valence-corrected chi connectivity index (χ0v) is 12.4. The molecule has 1 aromatic carbocycles. The number of allylic oxidation sites excluding steroid dienone is 1. The van der Waals surface area contributed by atoms with Crippen molar-refractivity contribution < 1.29 is 18.7 Å². The van der Waals surface area contributed by atoms with Gasteiger partial charge in [-0.2, -0.15) is 0 Å². The molecule has 0 aliphatic carbocycles. The van der Waals surface area contributed by atoms with Crippen molar-refractivity contribution in [3.8, 4) is 0 Å². The van der Waals surface area contributed by atoms with Gasteiger partial charge in [-0.3, -0.25) is 0 Å². The molecule has 0 saturated heterocycles. The molecule has 5 nitrogen and oxygen atoms in total. The van der Waals surface area contributed by atoms with Crippen molar-refractivity contribution in [2.45, 2.75) is 13.0 Å². The molecule has 2 amide bonds. The van der Waals surface area contributed by atoms with Crippen LogP contribution in [0.1, 0.15) is 18.5 Å². The number of halogens is 2. The fraction of sp³-hybridized carbons (Fsp3) is 0.231. The summed E-state index contributed by atoms with van der Waals surface area (Å²) in [6, 6.07) is 3.03. The minimum absolute atomic E-state index is 0.174. The van der Waals surface area contributed by atoms with Crippen LogP contribution in [0.2, 0.25) is 0 Å². The largest absolute Gasteiger partial charge is 0.466 e. The van der Waals surface area contributed by atoms with Gasteiger partial charge in [0.05, 0.1) is 18.7 Å². The van der Waals surface area contributed by atoms with Gasteiger partial charge < -0.3 is 15.4 Å². The molecule has 7 heteroatoms. The molecule has 0 fully saturated rings. The quantitative estimate of drug-likeness (QED) is 0.811. The van der Waals surface area contributed by atoms with E-state index in [-0.39, 0.29) is 11.1 Å². The molecule has 0 spiro atoms. The van der Waals surface area contributed by atoms with Crippen molar-refractivity contribution in [3.05, 3.63) is 45.3 Å². The van der Waals surface area contributed by atoms with E-state index in [4.69, 9.17) is 4.74 Å². The van der Waals surface area contributed by atoms with E-state index in [0.29, 0.717) is 10.2 Å². The van der Waals surface area contributed by atoms with Gasteiger partial charge in [0.15, 0.2) is 0 Å². The Balaban J connectivity index is 2.54. The van der Waals surface area contributed by atoms with E-state index in [1.165, 1.54) is 19.2 Å². The Kier molecular flexibility index (Phi) is 4.08. The normalized spacial score (nSPS) is 18.4. The number of methoxy groups -OCH3 is 1. The number of amides is 2. The molecule has 1 heterocycles. The first-order chi connectivity index (χ1) is 9.43. The standard InChI is InChI=1S/C13H12BrFN2O3/c1-6-10(12(18)20-2)11(17-13(19)16-6)8-4-3-7(14)5-9(8)15/h3-5,11H,1-2H3,(H2,16,17,19). The van der Waals surface area contributed by atoms with Gasteiger partial charge in [-0.05, 0) is 19.1 Å². The molecule has 1 atom stereocenters. The average molecular weight is 343 g/mol. The minimum atomic E-state index is -0.885. The summed E-state index contributed by atoms with van der Waals surface area (Å²) < 4.78 is 19.3. The average Bonchev–Trinajstić information content (AvgIpc) is 2.37. The predicted octanol–water partition coefficient (Wildman–Crippen LogP) is 2.39. The van der Waals surface area contributed by atoms with Crippen LogP contribution >= 0.6 is 15.9 Å². The lowest BCUT2D eigenvalue weighted by Crippen LogP contribution is -2.45. The van der Waals surface area contributed by atoms with E-state index >= 15 is 0 Å². The van der Waals surface area contributed by atoms with E-state index < -0.39 is 23.9 Å². The summed E-state index contributed by atoms with van der Waals surface area (Å²) in [5, 5.41) is 5.00. The van der Waals surface area contributed by atoms with Gasteiger partial charge in [0.2, 0.25) is 0 Å². The van der Waals surface area contributed by atoms with Crippen molar-refractivity contribution in [3.63, 3.8) is 0 Å². The molecule has 0 aromatic heterocycles. The van der Waals surface area contributed by atoms with E-state index in [1.807, 2.05) is 0 Å². The SMILES string of the molecule is COC(=O)C1=C(C)NC(=O)NC1c1ccc(Br)cc1F. The molecule has 1 unspecified atom stereocenters. The smallest absolute Gasteiger partial charge is 0.337 e. The van der Waals surface area contributed by atoms with Crippen LogP contribution in [0.4, 0.5) is 9.18 Å². The van der Waals surface area contributed by atoms with Crippen molar-refractivity contribution in [1.82, 2.24) is 10.6 Å². The molecule has 1 aliphatic rings. The monoisotopic (exact) mass is 342 g/mol. The molecule has 2 rings (SSSR count). The Bertz CT molecular complexity index is 616. The molecule has 0 bridgehead atoms. The second kappa shape index (κ2) is 5.62. The van der Waals surface area contributed by atoms with E-state index in [1.54, 1.807) is 13.0 Å². The van der Waals surface area contributed by atoms with Gasteiger partial charge in [0, 0.05) is 15.7 Å². The van der Waals surface area contributed by atoms with Crippen molar-refractivity contribution in [2.24, 2.45) is 0 Å². The first kappa shape index (κ1) is 14.5. The van der Waals surface area contributed by atoms with Gasteiger partial charge in [0.1, 0.15) is 5.82 Å². The number of hydrogen-bond acceptors (Lipinski definition) is 3. The lowest BCUT2D eigenvalue weighted by Gasteiger charge is -2.28. The highest BCUT2D eigenvalue weighted by Gasteiger charge is 2.33. The summed E-state index contributed by atoms with van der Waals surface area (Å²) >= 11 is 3.16. The van der Waals surface area contributed by atoms with Gasteiger partial charge in [-0.25, -0.2) is 14.0 Å². The van der Waals surface area contributed by atoms with Gasteiger partial charge >= 0.3 is 12.0 Å². The molecule has 2 N–H and O–H groups in total. The lowest BCUT2D eigenvalue weighted by molar-refractivity contribution is -0.136. The minimum Gasteiger partial charge on any atom is -0.466 e. The predicted molar refractivity (Wildman–Crippen MR) is 73.2 cm³/mol. The first-order valence-corrected chi connectivity index (χ1v) is 6.55. The van der Waals surface area contributed by atoms with E-state index in [2.05, 4.69) is 26.6 Å². The number of rotatable bonds is 2. The van der Waals surface area contributed by atoms with Crippen LogP contribution in [0.15, 0.2) is 33.9 Å². The van der Waals surface area contributed by atoms with Crippen LogP contribution in [0, 0.1) is 5.82 Å². The third-order valence-corrected chi connectivity index (χ3v) is 3.44. The van der Waals surface area contributed by atoms with E-state index in [0.717, 1.165) is 0 Å². The zero-order valence-electron chi connectivity index (χ0n) is 10.8. The second-order valence-corrected chi connectivity index (χ2v) is 5.14. The number of hydrogen-bond donors (Lipinski definition) is 2. The van der Waals surface area contributed by atoms with Gasteiger partial charge in [-0.15, -0.1) is 0 Å². The summed E-state index contributed by atoms with van der Waals surface area (Å²) in [5.74, 6) is -1.15. The third-order valence-electron chi connectivity index (χ3n) is 2.95. The number of carbonyl (C=O) groups is 2. The van der Waals surface area contributed by atoms with Crippen LogP contribution in [0.5, 0.6) is 0 Å². The van der Waals surface area contributed by atoms with Crippen LogP contribution in [-0.4, -0.2) is 19.1 Å². The van der Waals surface area contributed by atoms with Crippen molar-refractivity contribution >= 4 is 27.9 Å². The van der Waals surface area contributed by atoms with Gasteiger partial charge in [0.25, 0.3) is 0 Å². The Hall–Kier alpha value is -1.89. The Morgan fingerprint density at radius 3 is 2.75 bits per heavy atom. The third kappa shape index (κ3) is 2.67. The highest BCUT2D eigenvalue weighted by atomic mass is 79.9. The number of esters is 1. The van der Waals surface area contributed by atoms with Crippen LogP contribution in [0.25, 0.3) is 0 Å². The first-order valence-electron chi connectivity index (χ1n) is 5.75. The Morgan fingerprint density at radius 1 is 1.45 bits per heavy atom. The zero-order chi connectivity index (χ0) is 14.9. The topological polar surface area (TPSA) is 67.4 Å². The molecule has 1 aromatic rings. The highest BCUT2D eigenvalue weighted by Crippen LogP contribution is 2.30. The maximum absolute atomic E-state index is 14.1. The Labute approximate surface area is 123 Å². The molecule has 20 heavy (non-hydrogen) atoms. The summed E-state index contributed by atoms with van der Waals surface area (Å²) in [6.45, 7) is 1.56. The summed E-state index contributed by atoms with van der Waals surface area (Å²) in [6.07, 6.45) is 0. The van der Waals surface area contributed by atoms with Crippen LogP contribution in [0.3, 0.4) is 0 Å². The second-order valence-electron chi connectivity index (χ2n) is 4.23. The molecular weight excluding hydrogens is 331 g/mol. The molecule has 0 saturated carbocycles. The van der Waals surface area contributed by atoms with Crippen molar-refractivity contribution in [1.29, 1.82) is 0 Å². The van der Waals surface area contributed by atoms with Crippen LogP contribution < -0.4 is 10.6 Å².